The van der Waals surface area contributed by atoms with E-state index in [0.29, 0.717) is 6.42 Å². The lowest BCUT2D eigenvalue weighted by Crippen LogP contribution is -2.41. The summed E-state index contributed by atoms with van der Waals surface area (Å²) in [5.41, 5.74) is 6.52. The molecule has 0 aliphatic carbocycles. The predicted molar refractivity (Wildman–Crippen MR) is 69.2 cm³/mol. The molecule has 4 heteroatoms. The van der Waals surface area contributed by atoms with E-state index in [2.05, 4.69) is 6.58 Å². The van der Waals surface area contributed by atoms with Gasteiger partial charge in [-0.15, -0.1) is 6.58 Å². The molecule has 0 spiro atoms. The zero-order valence-corrected chi connectivity index (χ0v) is 10.2. The van der Waals surface area contributed by atoms with Crippen LogP contribution in [0.3, 0.4) is 0 Å². The molecule has 4 nitrogen and oxygen atoms in total. The molecule has 0 aliphatic heterocycles. The van der Waals surface area contributed by atoms with Gasteiger partial charge in [0.15, 0.2) is 0 Å². The third kappa shape index (κ3) is 3.32. The zero-order chi connectivity index (χ0) is 12.8. The van der Waals surface area contributed by atoms with E-state index in [1.54, 1.807) is 32.4 Å². The SMILES string of the molecule is C=CCC(N)C(=O)N(C)c1ccc(OC)cc1. The molecule has 92 valence electrons. The van der Waals surface area contributed by atoms with Crippen LogP contribution in [0.5, 0.6) is 5.75 Å². The summed E-state index contributed by atoms with van der Waals surface area (Å²) in [7, 11) is 3.30. The van der Waals surface area contributed by atoms with E-state index in [-0.39, 0.29) is 5.91 Å². The highest BCUT2D eigenvalue weighted by Gasteiger charge is 2.17. The van der Waals surface area contributed by atoms with Crippen LogP contribution in [-0.4, -0.2) is 26.1 Å². The highest BCUT2D eigenvalue weighted by Crippen LogP contribution is 2.18. The van der Waals surface area contributed by atoms with Crippen LogP contribution in [0.2, 0.25) is 0 Å². The Morgan fingerprint density at radius 3 is 2.59 bits per heavy atom. The second kappa shape index (κ2) is 6.06. The molecule has 1 atom stereocenters. The molecular weight excluding hydrogens is 216 g/mol. The summed E-state index contributed by atoms with van der Waals surface area (Å²) in [5, 5.41) is 0. The quantitative estimate of drug-likeness (QED) is 0.787. The van der Waals surface area contributed by atoms with Crippen molar-refractivity contribution in [3.63, 3.8) is 0 Å². The van der Waals surface area contributed by atoms with Crippen LogP contribution in [0.25, 0.3) is 0 Å². The zero-order valence-electron chi connectivity index (χ0n) is 10.2. The molecule has 1 aromatic carbocycles. The van der Waals surface area contributed by atoms with Crippen molar-refractivity contribution in [2.45, 2.75) is 12.5 Å². The molecule has 17 heavy (non-hydrogen) atoms. The first-order valence-corrected chi connectivity index (χ1v) is 5.38. The smallest absolute Gasteiger partial charge is 0.243 e. The Kier molecular flexibility index (Phi) is 4.72. The minimum Gasteiger partial charge on any atom is -0.497 e. The average molecular weight is 234 g/mol. The second-order valence-electron chi connectivity index (χ2n) is 3.73. The molecule has 0 saturated heterocycles. The van der Waals surface area contributed by atoms with E-state index in [0.717, 1.165) is 11.4 Å². The highest BCUT2D eigenvalue weighted by molar-refractivity contribution is 5.96. The van der Waals surface area contributed by atoms with Crippen molar-refractivity contribution < 1.29 is 9.53 Å². The third-order valence-electron chi connectivity index (χ3n) is 2.53. The maximum Gasteiger partial charge on any atom is 0.243 e. The monoisotopic (exact) mass is 234 g/mol. The number of nitrogens with two attached hydrogens (primary N) is 1. The number of rotatable bonds is 5. The van der Waals surface area contributed by atoms with Crippen molar-refractivity contribution >= 4 is 11.6 Å². The van der Waals surface area contributed by atoms with Gasteiger partial charge < -0.3 is 15.4 Å². The predicted octanol–water partition coefficient (Wildman–Crippen LogP) is 1.56. The standard InChI is InChI=1S/C13H18N2O2/c1-4-5-12(14)13(16)15(2)10-6-8-11(17-3)9-7-10/h4,6-9,12H,1,5,14H2,2-3H3. The number of hydrogen-bond acceptors (Lipinski definition) is 3. The Labute approximate surface area is 102 Å². The molecule has 0 saturated carbocycles. The molecule has 1 aromatic rings. The Morgan fingerprint density at radius 2 is 2.12 bits per heavy atom. The van der Waals surface area contributed by atoms with Crippen molar-refractivity contribution in [1.29, 1.82) is 0 Å². The summed E-state index contributed by atoms with van der Waals surface area (Å²) in [6, 6.07) is 6.70. The lowest BCUT2D eigenvalue weighted by molar-refractivity contribution is -0.119. The number of likely N-dealkylation sites (N-methyl/N-ethyl adjacent to an activating group) is 1. The summed E-state index contributed by atoms with van der Waals surface area (Å²) < 4.78 is 5.05. The fourth-order valence-electron chi connectivity index (χ4n) is 1.46. The largest absolute Gasteiger partial charge is 0.497 e. The maximum atomic E-state index is 11.9. The van der Waals surface area contributed by atoms with Crippen molar-refractivity contribution in [1.82, 2.24) is 0 Å². The van der Waals surface area contributed by atoms with Gasteiger partial charge in [0.05, 0.1) is 13.2 Å². The molecule has 0 radical (unpaired) electrons. The lowest BCUT2D eigenvalue weighted by Gasteiger charge is -2.20. The van der Waals surface area contributed by atoms with Crippen LogP contribution in [-0.2, 0) is 4.79 Å². The van der Waals surface area contributed by atoms with Gasteiger partial charge in [0.25, 0.3) is 0 Å². The lowest BCUT2D eigenvalue weighted by atomic mass is 10.2. The van der Waals surface area contributed by atoms with Crippen LogP contribution < -0.4 is 15.4 Å². The molecule has 1 amide bonds. The molecule has 0 aromatic heterocycles. The maximum absolute atomic E-state index is 11.9. The summed E-state index contributed by atoms with van der Waals surface area (Å²) in [5.74, 6) is 0.625. The first-order chi connectivity index (χ1) is 8.10. The number of carbonyl (C=O) groups is 1. The number of amides is 1. The molecular formula is C13H18N2O2. The summed E-state index contributed by atoms with van der Waals surface area (Å²) >= 11 is 0. The Morgan fingerprint density at radius 1 is 1.53 bits per heavy atom. The number of carbonyl (C=O) groups excluding carboxylic acids is 1. The van der Waals surface area contributed by atoms with Crippen molar-refractivity contribution in [3.05, 3.63) is 36.9 Å². The van der Waals surface area contributed by atoms with Gasteiger partial charge in [-0.3, -0.25) is 4.79 Å². The van der Waals surface area contributed by atoms with Gasteiger partial charge in [0.2, 0.25) is 5.91 Å². The van der Waals surface area contributed by atoms with Crippen molar-refractivity contribution in [2.24, 2.45) is 5.73 Å². The number of anilines is 1. The number of nitrogens with zero attached hydrogens (tertiary/aromatic N) is 1. The van der Waals surface area contributed by atoms with Crippen LogP contribution >= 0.6 is 0 Å². The van der Waals surface area contributed by atoms with Gasteiger partial charge in [-0.05, 0) is 30.7 Å². The van der Waals surface area contributed by atoms with Gasteiger partial charge in [0, 0.05) is 12.7 Å². The van der Waals surface area contributed by atoms with Gasteiger partial charge in [-0.1, -0.05) is 6.08 Å². The van der Waals surface area contributed by atoms with E-state index < -0.39 is 6.04 Å². The van der Waals surface area contributed by atoms with Gasteiger partial charge in [0.1, 0.15) is 5.75 Å². The molecule has 0 heterocycles. The fraction of sp³-hybridized carbons (Fsp3) is 0.308. The molecule has 1 rings (SSSR count). The summed E-state index contributed by atoms with van der Waals surface area (Å²) in [4.78, 5) is 13.4. The van der Waals surface area contributed by atoms with E-state index in [9.17, 15) is 4.79 Å². The van der Waals surface area contributed by atoms with Crippen molar-refractivity contribution in [3.8, 4) is 5.75 Å². The summed E-state index contributed by atoms with van der Waals surface area (Å²) in [6.45, 7) is 3.57. The van der Waals surface area contributed by atoms with Crippen LogP contribution in [0, 0.1) is 0 Å². The normalized spacial score (nSPS) is 11.7. The third-order valence-corrected chi connectivity index (χ3v) is 2.53. The molecule has 0 aliphatic rings. The molecule has 0 bridgehead atoms. The van der Waals surface area contributed by atoms with Crippen LogP contribution in [0.1, 0.15) is 6.42 Å². The van der Waals surface area contributed by atoms with E-state index in [1.165, 1.54) is 4.90 Å². The molecule has 0 fully saturated rings. The Bertz CT molecular complexity index is 387. The molecule has 1 unspecified atom stereocenters. The van der Waals surface area contributed by atoms with E-state index in [4.69, 9.17) is 10.5 Å². The van der Waals surface area contributed by atoms with Crippen LogP contribution in [0.4, 0.5) is 5.69 Å². The van der Waals surface area contributed by atoms with E-state index >= 15 is 0 Å². The first kappa shape index (κ1) is 13.3. The topological polar surface area (TPSA) is 55.6 Å². The Balaban J connectivity index is 2.77. The minimum atomic E-state index is -0.542. The molecule has 2 N–H and O–H groups in total. The number of ether oxygens (including phenoxy) is 1. The number of hydrogen-bond donors (Lipinski definition) is 1. The van der Waals surface area contributed by atoms with Gasteiger partial charge in [-0.25, -0.2) is 0 Å². The first-order valence-electron chi connectivity index (χ1n) is 5.38. The number of methoxy groups -OCH3 is 1. The number of benzene rings is 1. The van der Waals surface area contributed by atoms with E-state index in [1.807, 2.05) is 12.1 Å². The van der Waals surface area contributed by atoms with Gasteiger partial charge in [-0.2, -0.15) is 0 Å². The highest BCUT2D eigenvalue weighted by atomic mass is 16.5. The van der Waals surface area contributed by atoms with Gasteiger partial charge >= 0.3 is 0 Å². The average Bonchev–Trinajstić information content (AvgIpc) is 2.37. The summed E-state index contributed by atoms with van der Waals surface area (Å²) in [6.07, 6.45) is 2.11. The minimum absolute atomic E-state index is 0.130. The fourth-order valence-corrected chi connectivity index (χ4v) is 1.46. The Hall–Kier alpha value is -1.81. The second-order valence-corrected chi connectivity index (χ2v) is 3.73. The van der Waals surface area contributed by atoms with Crippen molar-refractivity contribution in [2.75, 3.05) is 19.1 Å². The van der Waals surface area contributed by atoms with Crippen LogP contribution in [0.15, 0.2) is 36.9 Å².